The van der Waals surface area contributed by atoms with Crippen molar-refractivity contribution in [3.63, 3.8) is 0 Å². The second kappa shape index (κ2) is 9.81. The van der Waals surface area contributed by atoms with Crippen molar-refractivity contribution in [1.29, 1.82) is 0 Å². The van der Waals surface area contributed by atoms with Crippen molar-refractivity contribution in [3.8, 4) is 0 Å². The summed E-state index contributed by atoms with van der Waals surface area (Å²) in [5, 5.41) is 5.20. The van der Waals surface area contributed by atoms with Crippen molar-refractivity contribution in [2.45, 2.75) is 12.8 Å². The first-order valence-electron chi connectivity index (χ1n) is 11.0. The highest BCUT2D eigenvalue weighted by Gasteiger charge is 2.20. The number of rotatable bonds is 7. The molecule has 0 unspecified atom stereocenters. The molecule has 0 aliphatic carbocycles. The first kappa shape index (κ1) is 21.1. The fourth-order valence-electron chi connectivity index (χ4n) is 4.11. The summed E-state index contributed by atoms with van der Waals surface area (Å²) in [6.07, 6.45) is 2.18. The normalized spacial score (nSPS) is 14.7. The van der Waals surface area contributed by atoms with E-state index in [9.17, 15) is 4.79 Å². The third-order valence-electron chi connectivity index (χ3n) is 5.86. The topological polar surface area (TPSA) is 48.5 Å². The van der Waals surface area contributed by atoms with Gasteiger partial charge in [0.1, 0.15) is 5.82 Å². The molecule has 0 bridgehead atoms. The number of benzene rings is 2. The van der Waals surface area contributed by atoms with Crippen LogP contribution in [0.3, 0.4) is 0 Å². The maximum atomic E-state index is 12.3. The van der Waals surface area contributed by atoms with Crippen LogP contribution in [0.4, 0.5) is 10.8 Å². The molecule has 32 heavy (non-hydrogen) atoms. The van der Waals surface area contributed by atoms with Crippen LogP contribution in [0, 0.1) is 0 Å². The van der Waals surface area contributed by atoms with E-state index < -0.39 is 0 Å². The van der Waals surface area contributed by atoms with Gasteiger partial charge < -0.3 is 10.2 Å². The summed E-state index contributed by atoms with van der Waals surface area (Å²) < 4.78 is 5.97. The Morgan fingerprint density at radius 3 is 2.56 bits per heavy atom. The number of carbonyl (C=O) groups excluding carboxylic acids is 1. The van der Waals surface area contributed by atoms with E-state index in [0.717, 1.165) is 56.4 Å². The van der Waals surface area contributed by atoms with Crippen molar-refractivity contribution in [3.05, 3.63) is 77.2 Å². The monoisotopic (exact) mass is 462 g/mol. The van der Waals surface area contributed by atoms with Gasteiger partial charge in [0.2, 0.25) is 0 Å². The van der Waals surface area contributed by atoms with Crippen LogP contribution in [-0.4, -0.2) is 47.9 Å². The number of aryl methyl sites for hydroxylation is 1. The second-order valence-corrected chi connectivity index (χ2v) is 9.99. The van der Waals surface area contributed by atoms with E-state index in [4.69, 9.17) is 4.37 Å². The second-order valence-electron chi connectivity index (χ2n) is 8.02. The van der Waals surface area contributed by atoms with Gasteiger partial charge in [-0.25, -0.2) is 0 Å². The number of nitrogens with zero attached hydrogens (tertiary/aromatic N) is 3. The molecule has 164 valence electrons. The summed E-state index contributed by atoms with van der Waals surface area (Å²) in [6, 6.07) is 22.0. The standard InChI is InChI=1S/C25H26N4OS2/c30-25(19-7-2-1-3-8-19)26-23-13-12-20(31-23)9-6-14-28-15-17-29(18-16-28)24-21-10-4-5-11-22(21)32-27-24/h1-5,7-8,10-13H,6,9,14-18H2,(H,26,30). The summed E-state index contributed by atoms with van der Waals surface area (Å²) in [5.74, 6) is 1.10. The van der Waals surface area contributed by atoms with E-state index in [1.165, 1.54) is 15.0 Å². The third-order valence-corrected chi connectivity index (χ3v) is 7.74. The molecule has 3 heterocycles. The zero-order valence-electron chi connectivity index (χ0n) is 17.9. The molecule has 0 radical (unpaired) electrons. The summed E-state index contributed by atoms with van der Waals surface area (Å²) in [5.41, 5.74) is 0.687. The SMILES string of the molecule is O=C(Nc1ccc(CCCN2CCN(c3nsc4ccccc34)CC2)s1)c1ccccc1. The number of amides is 1. The molecule has 0 spiro atoms. The molecule has 5 nitrogen and oxygen atoms in total. The predicted octanol–water partition coefficient (Wildman–Crippen LogP) is 5.36. The Kier molecular flexibility index (Phi) is 6.48. The lowest BCUT2D eigenvalue weighted by Gasteiger charge is -2.35. The fourth-order valence-corrected chi connectivity index (χ4v) is 5.85. The summed E-state index contributed by atoms with van der Waals surface area (Å²) in [4.78, 5) is 18.6. The zero-order valence-corrected chi connectivity index (χ0v) is 19.5. The molecule has 1 aliphatic heterocycles. The molecular formula is C25H26N4OS2. The molecule has 2 aromatic carbocycles. The molecule has 7 heteroatoms. The predicted molar refractivity (Wildman–Crippen MR) is 135 cm³/mol. The Hall–Kier alpha value is -2.74. The number of fused-ring (bicyclic) bond motifs is 1. The average Bonchev–Trinajstić information content (AvgIpc) is 3.47. The number of nitrogens with one attached hydrogen (secondary N) is 1. The zero-order chi connectivity index (χ0) is 21.8. The van der Waals surface area contributed by atoms with Crippen LogP contribution < -0.4 is 10.2 Å². The maximum absolute atomic E-state index is 12.3. The van der Waals surface area contributed by atoms with E-state index in [1.54, 1.807) is 22.9 Å². The van der Waals surface area contributed by atoms with E-state index in [-0.39, 0.29) is 5.91 Å². The molecule has 0 saturated carbocycles. The minimum absolute atomic E-state index is 0.0511. The van der Waals surface area contributed by atoms with Gasteiger partial charge in [0.25, 0.3) is 5.91 Å². The van der Waals surface area contributed by atoms with Crippen molar-refractivity contribution in [1.82, 2.24) is 9.27 Å². The van der Waals surface area contributed by atoms with Crippen molar-refractivity contribution >= 4 is 49.7 Å². The molecule has 1 fully saturated rings. The number of piperazine rings is 1. The lowest BCUT2D eigenvalue weighted by molar-refractivity contribution is 0.102. The summed E-state index contributed by atoms with van der Waals surface area (Å²) >= 11 is 3.27. The van der Waals surface area contributed by atoms with Gasteiger partial charge in [-0.15, -0.1) is 11.3 Å². The number of hydrogen-bond acceptors (Lipinski definition) is 6. The van der Waals surface area contributed by atoms with Gasteiger partial charge in [-0.2, -0.15) is 4.37 Å². The molecule has 0 atom stereocenters. The van der Waals surface area contributed by atoms with Crippen LogP contribution in [0.5, 0.6) is 0 Å². The molecule has 4 aromatic rings. The lowest BCUT2D eigenvalue weighted by Crippen LogP contribution is -2.46. The Bertz CT molecular complexity index is 1180. The molecule has 1 aliphatic rings. The summed E-state index contributed by atoms with van der Waals surface area (Å²) in [7, 11) is 0. The first-order chi connectivity index (χ1) is 15.8. The first-order valence-corrected chi connectivity index (χ1v) is 12.6. The molecule has 1 saturated heterocycles. The molecule has 1 N–H and O–H groups in total. The third kappa shape index (κ3) is 4.85. The van der Waals surface area contributed by atoms with Crippen LogP contribution >= 0.6 is 22.9 Å². The smallest absolute Gasteiger partial charge is 0.256 e. The number of aromatic nitrogens is 1. The molecule has 1 amide bonds. The van der Waals surface area contributed by atoms with Crippen LogP contribution in [0.25, 0.3) is 10.1 Å². The highest BCUT2D eigenvalue weighted by molar-refractivity contribution is 7.16. The Morgan fingerprint density at radius 2 is 1.72 bits per heavy atom. The maximum Gasteiger partial charge on any atom is 0.256 e. The van der Waals surface area contributed by atoms with E-state index in [0.29, 0.717) is 5.56 Å². The number of thiophene rings is 1. The van der Waals surface area contributed by atoms with Crippen molar-refractivity contribution in [2.24, 2.45) is 0 Å². The van der Waals surface area contributed by atoms with E-state index in [2.05, 4.69) is 45.4 Å². The van der Waals surface area contributed by atoms with E-state index >= 15 is 0 Å². The molecular weight excluding hydrogens is 436 g/mol. The fraction of sp³-hybridized carbons (Fsp3) is 0.280. The number of hydrogen-bond donors (Lipinski definition) is 1. The molecule has 2 aromatic heterocycles. The average molecular weight is 463 g/mol. The van der Waals surface area contributed by atoms with Gasteiger partial charge in [0, 0.05) is 42.0 Å². The van der Waals surface area contributed by atoms with Gasteiger partial charge in [-0.05, 0) is 67.3 Å². The van der Waals surface area contributed by atoms with Gasteiger partial charge in [0.05, 0.1) is 9.70 Å². The number of carbonyl (C=O) groups is 1. The van der Waals surface area contributed by atoms with Gasteiger partial charge in [-0.3, -0.25) is 9.69 Å². The number of anilines is 2. The van der Waals surface area contributed by atoms with Crippen LogP contribution in [-0.2, 0) is 6.42 Å². The van der Waals surface area contributed by atoms with Crippen LogP contribution in [0.15, 0.2) is 66.7 Å². The minimum Gasteiger partial charge on any atom is -0.353 e. The summed E-state index contributed by atoms with van der Waals surface area (Å²) in [6.45, 7) is 5.32. The quantitative estimate of drug-likeness (QED) is 0.401. The highest BCUT2D eigenvalue weighted by Crippen LogP contribution is 2.30. The van der Waals surface area contributed by atoms with Gasteiger partial charge >= 0.3 is 0 Å². The highest BCUT2D eigenvalue weighted by atomic mass is 32.1. The Balaban J connectivity index is 1.07. The Labute approximate surface area is 196 Å². The minimum atomic E-state index is -0.0511. The molecule has 5 rings (SSSR count). The van der Waals surface area contributed by atoms with Gasteiger partial charge in [-0.1, -0.05) is 30.3 Å². The van der Waals surface area contributed by atoms with Crippen LogP contribution in [0.2, 0.25) is 0 Å². The van der Waals surface area contributed by atoms with E-state index in [1.807, 2.05) is 36.4 Å². The van der Waals surface area contributed by atoms with Gasteiger partial charge in [0.15, 0.2) is 0 Å². The largest absolute Gasteiger partial charge is 0.353 e. The van der Waals surface area contributed by atoms with Crippen molar-refractivity contribution < 1.29 is 4.79 Å². The van der Waals surface area contributed by atoms with Crippen LogP contribution in [0.1, 0.15) is 21.7 Å². The lowest BCUT2D eigenvalue weighted by atomic mass is 10.2. The Morgan fingerprint density at radius 1 is 0.938 bits per heavy atom. The van der Waals surface area contributed by atoms with Crippen molar-refractivity contribution in [2.75, 3.05) is 42.9 Å².